The number of hydrogen-bond acceptors (Lipinski definition) is 3. The van der Waals surface area contributed by atoms with Crippen molar-refractivity contribution in [2.45, 2.75) is 26.3 Å². The fraction of sp³-hybridized carbons (Fsp3) is 0.500. The number of carbonyl (C=O) groups is 1. The van der Waals surface area contributed by atoms with Gasteiger partial charge in [0, 0.05) is 19.6 Å². The van der Waals surface area contributed by atoms with Crippen LogP contribution >= 0.6 is 0 Å². The van der Waals surface area contributed by atoms with Crippen molar-refractivity contribution in [3.05, 3.63) is 48.6 Å². The first kappa shape index (κ1) is 15.8. The molecule has 0 saturated carbocycles. The SMILES string of the molecule is C=CCC[C@@H]1CN(Cc2ccccc2)C[C@@]1(C)C(=O)OC. The summed E-state index contributed by atoms with van der Waals surface area (Å²) < 4.78 is 5.05. The Morgan fingerprint density at radius 2 is 2.19 bits per heavy atom. The van der Waals surface area contributed by atoms with Crippen molar-refractivity contribution in [1.82, 2.24) is 4.90 Å². The van der Waals surface area contributed by atoms with Gasteiger partial charge in [0.2, 0.25) is 0 Å². The molecule has 0 spiro atoms. The lowest BCUT2D eigenvalue weighted by Crippen LogP contribution is -2.37. The highest BCUT2D eigenvalue weighted by Crippen LogP contribution is 2.40. The van der Waals surface area contributed by atoms with E-state index in [0.717, 1.165) is 32.5 Å². The van der Waals surface area contributed by atoms with Crippen LogP contribution in [0.3, 0.4) is 0 Å². The number of nitrogens with zero attached hydrogens (tertiary/aromatic N) is 1. The Morgan fingerprint density at radius 3 is 2.81 bits per heavy atom. The van der Waals surface area contributed by atoms with Crippen molar-refractivity contribution in [2.75, 3.05) is 20.2 Å². The fourth-order valence-corrected chi connectivity index (χ4v) is 3.33. The Kier molecular flexibility index (Phi) is 5.18. The third kappa shape index (κ3) is 3.53. The van der Waals surface area contributed by atoms with Crippen molar-refractivity contribution in [2.24, 2.45) is 11.3 Å². The molecule has 0 aromatic heterocycles. The maximum Gasteiger partial charge on any atom is 0.313 e. The molecule has 3 nitrogen and oxygen atoms in total. The van der Waals surface area contributed by atoms with Gasteiger partial charge in [-0.25, -0.2) is 0 Å². The highest BCUT2D eigenvalue weighted by Gasteiger charge is 2.48. The zero-order chi connectivity index (χ0) is 15.3. The van der Waals surface area contributed by atoms with E-state index in [1.165, 1.54) is 12.7 Å². The van der Waals surface area contributed by atoms with E-state index in [1.54, 1.807) is 0 Å². The zero-order valence-electron chi connectivity index (χ0n) is 13.0. The monoisotopic (exact) mass is 287 g/mol. The van der Waals surface area contributed by atoms with Gasteiger partial charge in [-0.05, 0) is 31.2 Å². The molecule has 0 N–H and O–H groups in total. The van der Waals surface area contributed by atoms with Crippen LogP contribution in [0.15, 0.2) is 43.0 Å². The normalized spacial score (nSPS) is 25.7. The summed E-state index contributed by atoms with van der Waals surface area (Å²) in [6, 6.07) is 10.4. The van der Waals surface area contributed by atoms with Gasteiger partial charge in [-0.15, -0.1) is 6.58 Å². The third-order valence-electron chi connectivity index (χ3n) is 4.55. The average molecular weight is 287 g/mol. The quantitative estimate of drug-likeness (QED) is 0.594. The molecule has 21 heavy (non-hydrogen) atoms. The Morgan fingerprint density at radius 1 is 1.48 bits per heavy atom. The number of methoxy groups -OCH3 is 1. The van der Waals surface area contributed by atoms with E-state index in [9.17, 15) is 4.79 Å². The highest BCUT2D eigenvalue weighted by atomic mass is 16.5. The molecule has 0 radical (unpaired) electrons. The molecule has 0 bridgehead atoms. The molecule has 1 aliphatic rings. The van der Waals surface area contributed by atoms with Crippen LogP contribution in [0.4, 0.5) is 0 Å². The molecule has 3 heteroatoms. The van der Waals surface area contributed by atoms with Crippen LogP contribution in [-0.2, 0) is 16.1 Å². The molecule has 2 atom stereocenters. The molecule has 0 aliphatic carbocycles. The van der Waals surface area contributed by atoms with Crippen molar-refractivity contribution in [3.63, 3.8) is 0 Å². The van der Waals surface area contributed by atoms with Gasteiger partial charge in [-0.2, -0.15) is 0 Å². The summed E-state index contributed by atoms with van der Waals surface area (Å²) >= 11 is 0. The van der Waals surface area contributed by atoms with Crippen molar-refractivity contribution >= 4 is 5.97 Å². The molecule has 1 aromatic carbocycles. The number of benzene rings is 1. The van der Waals surface area contributed by atoms with Crippen molar-refractivity contribution < 1.29 is 9.53 Å². The van der Waals surface area contributed by atoms with Crippen LogP contribution in [0.5, 0.6) is 0 Å². The van der Waals surface area contributed by atoms with Gasteiger partial charge in [0.15, 0.2) is 0 Å². The summed E-state index contributed by atoms with van der Waals surface area (Å²) in [6.07, 6.45) is 3.86. The lowest BCUT2D eigenvalue weighted by atomic mass is 9.77. The molecule has 1 saturated heterocycles. The van der Waals surface area contributed by atoms with E-state index in [0.29, 0.717) is 5.92 Å². The zero-order valence-corrected chi connectivity index (χ0v) is 13.0. The van der Waals surface area contributed by atoms with E-state index in [4.69, 9.17) is 4.74 Å². The average Bonchev–Trinajstić information content (AvgIpc) is 2.82. The lowest BCUT2D eigenvalue weighted by molar-refractivity contribution is -0.153. The molecule has 1 heterocycles. The highest BCUT2D eigenvalue weighted by molar-refractivity contribution is 5.77. The maximum absolute atomic E-state index is 12.2. The molecule has 114 valence electrons. The Balaban J connectivity index is 2.09. The first-order chi connectivity index (χ1) is 10.1. The van der Waals surface area contributed by atoms with Crippen LogP contribution in [0, 0.1) is 11.3 Å². The summed E-state index contributed by atoms with van der Waals surface area (Å²) in [5.41, 5.74) is 0.876. The van der Waals surface area contributed by atoms with E-state index in [1.807, 2.05) is 19.1 Å². The topological polar surface area (TPSA) is 29.5 Å². The number of esters is 1. The summed E-state index contributed by atoms with van der Waals surface area (Å²) in [4.78, 5) is 14.6. The van der Waals surface area contributed by atoms with Crippen LogP contribution in [-0.4, -0.2) is 31.1 Å². The van der Waals surface area contributed by atoms with Crippen LogP contribution in [0.2, 0.25) is 0 Å². The molecule has 1 fully saturated rings. The number of allylic oxidation sites excluding steroid dienone is 1. The van der Waals surface area contributed by atoms with Crippen molar-refractivity contribution in [1.29, 1.82) is 0 Å². The molecule has 0 amide bonds. The summed E-state index contributed by atoms with van der Waals surface area (Å²) in [5, 5.41) is 0. The molecule has 0 unspecified atom stereocenters. The minimum Gasteiger partial charge on any atom is -0.469 e. The summed E-state index contributed by atoms with van der Waals surface area (Å²) in [7, 11) is 1.48. The Hall–Kier alpha value is -1.61. The van der Waals surface area contributed by atoms with E-state index < -0.39 is 5.41 Å². The summed E-state index contributed by atoms with van der Waals surface area (Å²) in [6.45, 7) is 8.42. The number of likely N-dealkylation sites (tertiary alicyclic amines) is 1. The van der Waals surface area contributed by atoms with Gasteiger partial charge in [0.25, 0.3) is 0 Å². The number of rotatable bonds is 6. The van der Waals surface area contributed by atoms with E-state index in [2.05, 4.69) is 35.7 Å². The van der Waals surface area contributed by atoms with Crippen LogP contribution in [0.1, 0.15) is 25.3 Å². The minimum absolute atomic E-state index is 0.0906. The molecule has 1 aromatic rings. The van der Waals surface area contributed by atoms with Crippen LogP contribution < -0.4 is 0 Å². The maximum atomic E-state index is 12.2. The standard InChI is InChI=1S/C18H25NO2/c1-4-5-11-16-13-19(12-15-9-7-6-8-10-15)14-18(16,2)17(20)21-3/h4,6-10,16H,1,5,11-14H2,2-3H3/t16-,18-/m1/s1. The first-order valence-electron chi connectivity index (χ1n) is 7.55. The lowest BCUT2D eigenvalue weighted by Gasteiger charge is -2.27. The van der Waals surface area contributed by atoms with Gasteiger partial charge in [0.05, 0.1) is 12.5 Å². The van der Waals surface area contributed by atoms with Crippen molar-refractivity contribution in [3.8, 4) is 0 Å². The number of carbonyl (C=O) groups excluding carboxylic acids is 1. The number of ether oxygens (including phenoxy) is 1. The second-order valence-electron chi connectivity index (χ2n) is 6.13. The first-order valence-corrected chi connectivity index (χ1v) is 7.55. The summed E-state index contributed by atoms with van der Waals surface area (Å²) in [5.74, 6) is 0.235. The molecule has 2 rings (SSSR count). The fourth-order valence-electron chi connectivity index (χ4n) is 3.33. The smallest absolute Gasteiger partial charge is 0.313 e. The molecular weight excluding hydrogens is 262 g/mol. The molecule has 1 aliphatic heterocycles. The van der Waals surface area contributed by atoms with E-state index in [-0.39, 0.29) is 5.97 Å². The van der Waals surface area contributed by atoms with Gasteiger partial charge in [-0.1, -0.05) is 36.4 Å². The van der Waals surface area contributed by atoms with E-state index >= 15 is 0 Å². The number of hydrogen-bond donors (Lipinski definition) is 0. The second-order valence-corrected chi connectivity index (χ2v) is 6.13. The largest absolute Gasteiger partial charge is 0.469 e. The Labute approximate surface area is 127 Å². The Bertz CT molecular complexity index is 485. The predicted molar refractivity (Wildman–Crippen MR) is 84.8 cm³/mol. The molecular formula is C18H25NO2. The minimum atomic E-state index is -0.410. The van der Waals surface area contributed by atoms with Gasteiger partial charge in [-0.3, -0.25) is 9.69 Å². The second kappa shape index (κ2) is 6.90. The van der Waals surface area contributed by atoms with Gasteiger partial charge < -0.3 is 4.74 Å². The van der Waals surface area contributed by atoms with Gasteiger partial charge in [0.1, 0.15) is 0 Å². The third-order valence-corrected chi connectivity index (χ3v) is 4.55. The predicted octanol–water partition coefficient (Wildman–Crippen LogP) is 3.26. The van der Waals surface area contributed by atoms with Crippen LogP contribution in [0.25, 0.3) is 0 Å². The van der Waals surface area contributed by atoms with Gasteiger partial charge >= 0.3 is 5.97 Å².